The van der Waals surface area contributed by atoms with E-state index in [1.54, 1.807) is 0 Å². The second kappa shape index (κ2) is 6.60. The van der Waals surface area contributed by atoms with Crippen LogP contribution >= 0.6 is 0 Å². The molecule has 1 heterocycles. The molecular formula is C17H23NO2. The molecule has 1 atom stereocenters. The fraction of sp³-hybridized carbons (Fsp3) is 0.471. The first-order valence-corrected chi connectivity index (χ1v) is 7.25. The summed E-state index contributed by atoms with van der Waals surface area (Å²) in [4.78, 5) is 14.4. The van der Waals surface area contributed by atoms with Gasteiger partial charge in [0.1, 0.15) is 12.6 Å². The fourth-order valence-corrected chi connectivity index (χ4v) is 2.51. The molecule has 1 fully saturated rings. The maximum Gasteiger partial charge on any atom is 0.329 e. The van der Waals surface area contributed by atoms with Crippen molar-refractivity contribution in [2.75, 3.05) is 6.54 Å². The van der Waals surface area contributed by atoms with Crippen LogP contribution in [-0.2, 0) is 16.1 Å². The van der Waals surface area contributed by atoms with Crippen LogP contribution in [0.1, 0.15) is 32.3 Å². The van der Waals surface area contributed by atoms with Gasteiger partial charge in [-0.15, -0.1) is 0 Å². The summed E-state index contributed by atoms with van der Waals surface area (Å²) in [7, 11) is 0. The molecule has 0 radical (unpaired) electrons. The zero-order valence-corrected chi connectivity index (χ0v) is 12.3. The number of nitrogens with zero attached hydrogens (tertiary/aromatic N) is 1. The fourth-order valence-electron chi connectivity index (χ4n) is 2.51. The lowest BCUT2D eigenvalue weighted by atomic mass is 10.1. The molecule has 0 N–H and O–H groups in total. The van der Waals surface area contributed by atoms with Gasteiger partial charge in [0.15, 0.2) is 0 Å². The van der Waals surface area contributed by atoms with E-state index in [0.717, 1.165) is 30.6 Å². The van der Waals surface area contributed by atoms with Crippen LogP contribution in [0.25, 0.3) is 0 Å². The lowest BCUT2D eigenvalue weighted by Gasteiger charge is -2.29. The average Bonchev–Trinajstić information content (AvgIpc) is 2.94. The van der Waals surface area contributed by atoms with Gasteiger partial charge in [0.25, 0.3) is 0 Å². The molecule has 1 aliphatic rings. The molecule has 2 rings (SSSR count). The van der Waals surface area contributed by atoms with Crippen molar-refractivity contribution in [1.29, 1.82) is 0 Å². The van der Waals surface area contributed by atoms with Gasteiger partial charge in [0.2, 0.25) is 0 Å². The van der Waals surface area contributed by atoms with Gasteiger partial charge in [0.05, 0.1) is 0 Å². The molecule has 1 saturated heterocycles. The molecule has 0 unspecified atom stereocenters. The Labute approximate surface area is 121 Å². The SMILES string of the molecule is C=C(C(C)C)N1CCC[C@H]1C(=O)OCc1ccccc1. The summed E-state index contributed by atoms with van der Waals surface area (Å²) in [6.45, 7) is 9.56. The van der Waals surface area contributed by atoms with E-state index < -0.39 is 0 Å². The number of carbonyl (C=O) groups is 1. The van der Waals surface area contributed by atoms with Crippen molar-refractivity contribution in [2.45, 2.75) is 39.3 Å². The predicted molar refractivity (Wildman–Crippen MR) is 79.9 cm³/mol. The Hall–Kier alpha value is -1.77. The van der Waals surface area contributed by atoms with Crippen LogP contribution in [0.5, 0.6) is 0 Å². The lowest BCUT2D eigenvalue weighted by molar-refractivity contribution is -0.149. The number of hydrogen-bond donors (Lipinski definition) is 0. The van der Waals surface area contributed by atoms with Gasteiger partial charge in [-0.25, -0.2) is 4.79 Å². The third kappa shape index (κ3) is 3.41. The van der Waals surface area contributed by atoms with E-state index in [4.69, 9.17) is 4.74 Å². The van der Waals surface area contributed by atoms with Crippen molar-refractivity contribution in [2.24, 2.45) is 5.92 Å². The van der Waals surface area contributed by atoms with E-state index in [1.165, 1.54) is 0 Å². The van der Waals surface area contributed by atoms with Crippen LogP contribution in [-0.4, -0.2) is 23.5 Å². The summed E-state index contributed by atoms with van der Waals surface area (Å²) >= 11 is 0. The van der Waals surface area contributed by atoms with Crippen LogP contribution in [0.15, 0.2) is 42.6 Å². The molecule has 20 heavy (non-hydrogen) atoms. The zero-order valence-electron chi connectivity index (χ0n) is 12.3. The van der Waals surface area contributed by atoms with Crippen LogP contribution < -0.4 is 0 Å². The van der Waals surface area contributed by atoms with Gasteiger partial charge in [-0.1, -0.05) is 50.8 Å². The number of likely N-dealkylation sites (tertiary alicyclic amines) is 1. The highest BCUT2D eigenvalue weighted by Crippen LogP contribution is 2.26. The highest BCUT2D eigenvalue weighted by atomic mass is 16.5. The van der Waals surface area contributed by atoms with Gasteiger partial charge in [0, 0.05) is 12.2 Å². The van der Waals surface area contributed by atoms with Gasteiger partial charge in [-0.2, -0.15) is 0 Å². The molecule has 0 spiro atoms. The molecule has 1 aromatic carbocycles. The monoisotopic (exact) mass is 273 g/mol. The second-order valence-corrected chi connectivity index (χ2v) is 5.59. The smallest absolute Gasteiger partial charge is 0.329 e. The van der Waals surface area contributed by atoms with Crippen LogP contribution in [0.2, 0.25) is 0 Å². The molecule has 0 aromatic heterocycles. The van der Waals surface area contributed by atoms with Crippen molar-refractivity contribution in [1.82, 2.24) is 4.90 Å². The van der Waals surface area contributed by atoms with Crippen molar-refractivity contribution < 1.29 is 9.53 Å². The zero-order chi connectivity index (χ0) is 14.5. The van der Waals surface area contributed by atoms with E-state index in [-0.39, 0.29) is 12.0 Å². The Bertz CT molecular complexity index is 467. The van der Waals surface area contributed by atoms with E-state index >= 15 is 0 Å². The van der Waals surface area contributed by atoms with Crippen LogP contribution in [0.4, 0.5) is 0 Å². The summed E-state index contributed by atoms with van der Waals surface area (Å²) in [6.07, 6.45) is 1.89. The summed E-state index contributed by atoms with van der Waals surface area (Å²) in [5, 5.41) is 0. The van der Waals surface area contributed by atoms with Crippen molar-refractivity contribution in [3.63, 3.8) is 0 Å². The molecule has 3 nitrogen and oxygen atoms in total. The minimum atomic E-state index is -0.159. The number of hydrogen-bond acceptors (Lipinski definition) is 3. The largest absolute Gasteiger partial charge is 0.459 e. The number of rotatable bonds is 5. The molecule has 0 amide bonds. The second-order valence-electron chi connectivity index (χ2n) is 5.59. The van der Waals surface area contributed by atoms with Crippen molar-refractivity contribution >= 4 is 5.97 Å². The standard InChI is InChI=1S/C17H23NO2/c1-13(2)14(3)18-11-7-10-16(18)17(19)20-12-15-8-5-4-6-9-15/h4-6,8-9,13,16H,3,7,10-12H2,1-2H3/t16-/m0/s1. The summed E-state index contributed by atoms with van der Waals surface area (Å²) in [5.74, 6) is 0.227. The van der Waals surface area contributed by atoms with Gasteiger partial charge in [-0.3, -0.25) is 0 Å². The molecule has 0 saturated carbocycles. The van der Waals surface area contributed by atoms with Crippen LogP contribution in [0.3, 0.4) is 0 Å². The first-order valence-electron chi connectivity index (χ1n) is 7.25. The van der Waals surface area contributed by atoms with E-state index in [9.17, 15) is 4.79 Å². The number of allylic oxidation sites excluding steroid dienone is 1. The minimum absolute atomic E-state index is 0.131. The first-order chi connectivity index (χ1) is 9.59. The van der Waals surface area contributed by atoms with Crippen molar-refractivity contribution in [3.05, 3.63) is 48.2 Å². The number of ether oxygens (including phenoxy) is 1. The van der Waals surface area contributed by atoms with E-state index in [0.29, 0.717) is 12.5 Å². The number of esters is 1. The molecule has 1 aliphatic heterocycles. The highest BCUT2D eigenvalue weighted by Gasteiger charge is 2.33. The van der Waals surface area contributed by atoms with Gasteiger partial charge in [-0.05, 0) is 24.3 Å². The maximum absolute atomic E-state index is 12.3. The lowest BCUT2D eigenvalue weighted by Crippen LogP contribution is -2.37. The third-order valence-electron chi connectivity index (χ3n) is 3.78. The van der Waals surface area contributed by atoms with E-state index in [1.807, 2.05) is 30.3 Å². The van der Waals surface area contributed by atoms with E-state index in [2.05, 4.69) is 25.3 Å². The van der Waals surface area contributed by atoms with Gasteiger partial charge >= 0.3 is 5.97 Å². The number of carbonyl (C=O) groups excluding carboxylic acids is 1. The Kier molecular flexibility index (Phi) is 4.83. The summed E-state index contributed by atoms with van der Waals surface area (Å²) in [6, 6.07) is 9.63. The Morgan fingerprint density at radius 1 is 1.40 bits per heavy atom. The summed E-state index contributed by atoms with van der Waals surface area (Å²) < 4.78 is 5.45. The topological polar surface area (TPSA) is 29.5 Å². The Morgan fingerprint density at radius 3 is 2.75 bits per heavy atom. The first kappa shape index (κ1) is 14.6. The highest BCUT2D eigenvalue weighted by molar-refractivity contribution is 5.76. The Balaban J connectivity index is 1.93. The van der Waals surface area contributed by atoms with Crippen molar-refractivity contribution in [3.8, 4) is 0 Å². The van der Waals surface area contributed by atoms with Gasteiger partial charge < -0.3 is 9.64 Å². The molecular weight excluding hydrogens is 250 g/mol. The molecule has 0 aliphatic carbocycles. The third-order valence-corrected chi connectivity index (χ3v) is 3.78. The normalized spacial score (nSPS) is 18.4. The predicted octanol–water partition coefficient (Wildman–Crippen LogP) is 3.36. The maximum atomic E-state index is 12.3. The van der Waals surface area contributed by atoms with Crippen LogP contribution in [0, 0.1) is 5.92 Å². The quantitative estimate of drug-likeness (QED) is 0.770. The number of benzene rings is 1. The molecule has 0 bridgehead atoms. The molecule has 1 aromatic rings. The Morgan fingerprint density at radius 2 is 2.10 bits per heavy atom. The average molecular weight is 273 g/mol. The minimum Gasteiger partial charge on any atom is -0.459 e. The molecule has 3 heteroatoms. The summed E-state index contributed by atoms with van der Waals surface area (Å²) in [5.41, 5.74) is 2.05. The molecule has 108 valence electrons.